The van der Waals surface area contributed by atoms with Crippen molar-refractivity contribution in [2.75, 3.05) is 0 Å². The van der Waals surface area contributed by atoms with E-state index in [4.69, 9.17) is 4.52 Å². The van der Waals surface area contributed by atoms with Gasteiger partial charge in [-0.3, -0.25) is 0 Å². The van der Waals surface area contributed by atoms with Gasteiger partial charge >= 0.3 is 0 Å². The highest BCUT2D eigenvalue weighted by Crippen LogP contribution is 2.32. The molecule has 0 saturated carbocycles. The summed E-state index contributed by atoms with van der Waals surface area (Å²) in [7, 11) is 0. The smallest absolute Gasteiger partial charge is 0.223 e. The van der Waals surface area contributed by atoms with Crippen molar-refractivity contribution >= 4 is 43.2 Å². The molecule has 0 aliphatic carbocycles. The van der Waals surface area contributed by atoms with Gasteiger partial charge in [0.25, 0.3) is 0 Å². The molecule has 0 unspecified atom stereocenters. The van der Waals surface area contributed by atoms with Crippen LogP contribution in [0.5, 0.6) is 0 Å². The van der Waals surface area contributed by atoms with E-state index in [1.165, 1.54) is 4.88 Å². The van der Waals surface area contributed by atoms with E-state index in [0.717, 1.165) is 14.8 Å². The predicted molar refractivity (Wildman–Crippen MR) is 69.3 cm³/mol. The van der Waals surface area contributed by atoms with Crippen molar-refractivity contribution in [1.29, 1.82) is 0 Å². The summed E-state index contributed by atoms with van der Waals surface area (Å²) in [5.41, 5.74) is 0. The number of aryl methyl sites for hydroxylation is 1. The summed E-state index contributed by atoms with van der Waals surface area (Å²) in [6.07, 6.45) is 0. The number of nitrogens with zero attached hydrogens (tertiary/aromatic N) is 2. The molecule has 0 amide bonds. The first-order valence-electron chi connectivity index (χ1n) is 4.59. The summed E-state index contributed by atoms with van der Waals surface area (Å²) < 4.78 is 7.08. The molecule has 2 aromatic rings. The SMILES string of the molecule is Cc1nc(CNCc2cc(Br)c(Br)s2)no1. The zero-order valence-electron chi connectivity index (χ0n) is 8.46. The minimum Gasteiger partial charge on any atom is -0.340 e. The minimum absolute atomic E-state index is 0.596. The van der Waals surface area contributed by atoms with Crippen molar-refractivity contribution < 1.29 is 4.52 Å². The second-order valence-electron chi connectivity index (χ2n) is 3.17. The minimum atomic E-state index is 0.596. The summed E-state index contributed by atoms with van der Waals surface area (Å²) in [5.74, 6) is 1.28. The van der Waals surface area contributed by atoms with Gasteiger partial charge in [-0.05, 0) is 37.9 Å². The third-order valence-electron chi connectivity index (χ3n) is 1.85. The third-order valence-corrected chi connectivity index (χ3v) is 5.10. The molecule has 7 heteroatoms. The monoisotopic (exact) mass is 365 g/mol. The van der Waals surface area contributed by atoms with Crippen LogP contribution in [0.4, 0.5) is 0 Å². The van der Waals surface area contributed by atoms with Gasteiger partial charge in [0.2, 0.25) is 5.89 Å². The zero-order valence-corrected chi connectivity index (χ0v) is 12.4. The van der Waals surface area contributed by atoms with E-state index < -0.39 is 0 Å². The average molecular weight is 367 g/mol. The van der Waals surface area contributed by atoms with E-state index in [1.54, 1.807) is 18.3 Å². The van der Waals surface area contributed by atoms with E-state index in [1.807, 2.05) is 0 Å². The Labute approximate surface area is 114 Å². The summed E-state index contributed by atoms with van der Waals surface area (Å²) in [4.78, 5) is 5.36. The van der Waals surface area contributed by atoms with E-state index in [9.17, 15) is 0 Å². The molecular formula is C9H9Br2N3OS. The quantitative estimate of drug-likeness (QED) is 0.902. The maximum Gasteiger partial charge on any atom is 0.223 e. The average Bonchev–Trinajstić information content (AvgIpc) is 2.75. The molecule has 0 aromatic carbocycles. The van der Waals surface area contributed by atoms with Gasteiger partial charge in [-0.2, -0.15) is 4.98 Å². The summed E-state index contributed by atoms with van der Waals surface area (Å²) in [6, 6.07) is 2.09. The molecule has 0 atom stereocenters. The van der Waals surface area contributed by atoms with Gasteiger partial charge in [0.15, 0.2) is 5.82 Å². The van der Waals surface area contributed by atoms with Crippen molar-refractivity contribution in [3.8, 4) is 0 Å². The van der Waals surface area contributed by atoms with Gasteiger partial charge in [-0.25, -0.2) is 0 Å². The fourth-order valence-electron chi connectivity index (χ4n) is 1.19. The van der Waals surface area contributed by atoms with Crippen molar-refractivity contribution in [3.05, 3.63) is 30.9 Å². The molecule has 0 radical (unpaired) electrons. The highest BCUT2D eigenvalue weighted by Gasteiger charge is 2.05. The molecule has 86 valence electrons. The molecule has 0 fully saturated rings. The second-order valence-corrected chi connectivity index (χ2v) is 6.48. The molecule has 2 rings (SSSR count). The first kappa shape index (κ1) is 12.2. The predicted octanol–water partition coefficient (Wildman–Crippen LogP) is 3.25. The first-order valence-corrected chi connectivity index (χ1v) is 6.99. The Balaban J connectivity index is 1.84. The fourth-order valence-corrected chi connectivity index (χ4v) is 3.34. The van der Waals surface area contributed by atoms with Gasteiger partial charge in [-0.1, -0.05) is 5.16 Å². The van der Waals surface area contributed by atoms with Crippen LogP contribution in [0.3, 0.4) is 0 Å². The van der Waals surface area contributed by atoms with Crippen LogP contribution < -0.4 is 5.32 Å². The number of hydrogen-bond acceptors (Lipinski definition) is 5. The molecular weight excluding hydrogens is 358 g/mol. The Morgan fingerprint density at radius 3 is 2.81 bits per heavy atom. The molecule has 0 spiro atoms. The highest BCUT2D eigenvalue weighted by atomic mass is 79.9. The van der Waals surface area contributed by atoms with E-state index >= 15 is 0 Å². The fraction of sp³-hybridized carbons (Fsp3) is 0.333. The van der Waals surface area contributed by atoms with Crippen LogP contribution in [0.25, 0.3) is 0 Å². The van der Waals surface area contributed by atoms with E-state index in [2.05, 4.69) is 53.4 Å². The van der Waals surface area contributed by atoms with Crippen LogP contribution in [0, 0.1) is 6.92 Å². The van der Waals surface area contributed by atoms with Crippen molar-refractivity contribution in [2.45, 2.75) is 20.0 Å². The lowest BCUT2D eigenvalue weighted by atomic mass is 10.4. The van der Waals surface area contributed by atoms with Gasteiger partial charge < -0.3 is 9.84 Å². The zero-order chi connectivity index (χ0) is 11.5. The van der Waals surface area contributed by atoms with Gasteiger partial charge in [-0.15, -0.1) is 11.3 Å². The third kappa shape index (κ3) is 3.13. The van der Waals surface area contributed by atoms with Gasteiger partial charge in [0.1, 0.15) is 0 Å². The molecule has 1 N–H and O–H groups in total. The molecule has 4 nitrogen and oxygen atoms in total. The van der Waals surface area contributed by atoms with Crippen molar-refractivity contribution in [3.63, 3.8) is 0 Å². The molecule has 2 aromatic heterocycles. The number of hydrogen-bond donors (Lipinski definition) is 1. The Bertz CT molecular complexity index is 463. The van der Waals surface area contributed by atoms with Crippen LogP contribution in [0.15, 0.2) is 18.8 Å². The lowest BCUT2D eigenvalue weighted by Crippen LogP contribution is -2.12. The number of thiophene rings is 1. The number of aromatic nitrogens is 2. The summed E-state index contributed by atoms with van der Waals surface area (Å²) in [6.45, 7) is 3.19. The maximum absolute atomic E-state index is 4.88. The summed E-state index contributed by atoms with van der Waals surface area (Å²) >= 11 is 8.61. The van der Waals surface area contributed by atoms with Gasteiger partial charge in [0.05, 0.1) is 10.3 Å². The number of rotatable bonds is 4. The molecule has 0 aliphatic heterocycles. The van der Waals surface area contributed by atoms with Crippen LogP contribution in [0.2, 0.25) is 0 Å². The Kier molecular flexibility index (Phi) is 4.12. The molecule has 0 saturated heterocycles. The lowest BCUT2D eigenvalue weighted by Gasteiger charge is -1.97. The topological polar surface area (TPSA) is 51.0 Å². The Morgan fingerprint density at radius 1 is 1.44 bits per heavy atom. The molecule has 16 heavy (non-hydrogen) atoms. The molecule has 0 bridgehead atoms. The largest absolute Gasteiger partial charge is 0.340 e. The molecule has 2 heterocycles. The first-order chi connectivity index (χ1) is 7.65. The number of nitrogens with one attached hydrogen (secondary N) is 1. The summed E-state index contributed by atoms with van der Waals surface area (Å²) in [5, 5.41) is 7.06. The van der Waals surface area contributed by atoms with E-state index in [-0.39, 0.29) is 0 Å². The molecule has 0 aliphatic rings. The highest BCUT2D eigenvalue weighted by molar-refractivity contribution is 9.13. The van der Waals surface area contributed by atoms with Crippen molar-refractivity contribution in [2.24, 2.45) is 0 Å². The van der Waals surface area contributed by atoms with Gasteiger partial charge in [0, 0.05) is 22.8 Å². The normalized spacial score (nSPS) is 10.9. The van der Waals surface area contributed by atoms with E-state index in [0.29, 0.717) is 18.3 Å². The Hall–Kier alpha value is -0.240. The van der Waals surface area contributed by atoms with Crippen molar-refractivity contribution in [1.82, 2.24) is 15.5 Å². The lowest BCUT2D eigenvalue weighted by molar-refractivity contribution is 0.385. The van der Waals surface area contributed by atoms with Crippen LogP contribution in [-0.2, 0) is 13.1 Å². The Morgan fingerprint density at radius 2 is 2.25 bits per heavy atom. The maximum atomic E-state index is 4.88. The van der Waals surface area contributed by atoms with Crippen LogP contribution in [-0.4, -0.2) is 10.1 Å². The van der Waals surface area contributed by atoms with Crippen LogP contribution >= 0.6 is 43.2 Å². The van der Waals surface area contributed by atoms with Crippen LogP contribution in [0.1, 0.15) is 16.6 Å². The standard InChI is InChI=1S/C9H9Br2N3OS/c1-5-13-8(14-15-5)4-12-3-6-2-7(10)9(11)16-6/h2,12H,3-4H2,1H3. The second kappa shape index (κ2) is 5.39. The number of halogens is 2.